The molecular weight excluding hydrogens is 252 g/mol. The quantitative estimate of drug-likeness (QED) is 0.906. The molecule has 0 aliphatic heterocycles. The van der Waals surface area contributed by atoms with Crippen LogP contribution < -0.4 is 0 Å². The van der Waals surface area contributed by atoms with E-state index in [4.69, 9.17) is 5.11 Å². The summed E-state index contributed by atoms with van der Waals surface area (Å²) < 4.78 is 2.09. The first kappa shape index (κ1) is 14.6. The fraction of sp³-hybridized carbons (Fsp3) is 0.438. The molecule has 0 radical (unpaired) electrons. The van der Waals surface area contributed by atoms with E-state index in [1.54, 1.807) is 11.9 Å². The summed E-state index contributed by atoms with van der Waals surface area (Å²) in [7, 11) is 3.76. The van der Waals surface area contributed by atoms with Gasteiger partial charge in [-0.15, -0.1) is 0 Å². The fourth-order valence-electron chi connectivity index (χ4n) is 2.41. The van der Waals surface area contributed by atoms with Crippen molar-refractivity contribution in [3.8, 4) is 0 Å². The second-order valence-corrected chi connectivity index (χ2v) is 5.32. The lowest BCUT2D eigenvalue weighted by Gasteiger charge is -2.23. The lowest BCUT2D eigenvalue weighted by Crippen LogP contribution is -2.37. The van der Waals surface area contributed by atoms with E-state index in [2.05, 4.69) is 22.9 Å². The number of amides is 1. The summed E-state index contributed by atoms with van der Waals surface area (Å²) in [6, 6.07) is 8.09. The van der Waals surface area contributed by atoms with Gasteiger partial charge in [-0.25, -0.2) is 0 Å². The first-order chi connectivity index (χ1) is 9.54. The van der Waals surface area contributed by atoms with E-state index in [9.17, 15) is 4.79 Å². The number of aromatic nitrogens is 1. The predicted octanol–water partition coefficient (Wildman–Crippen LogP) is 1.95. The molecule has 0 aliphatic rings. The number of para-hydroxylation sites is 1. The lowest BCUT2D eigenvalue weighted by molar-refractivity contribution is -0.132. The molecule has 2 aromatic rings. The van der Waals surface area contributed by atoms with Gasteiger partial charge < -0.3 is 14.6 Å². The van der Waals surface area contributed by atoms with Gasteiger partial charge >= 0.3 is 0 Å². The molecule has 0 bridgehead atoms. The normalized spacial score (nSPS) is 12.6. The van der Waals surface area contributed by atoms with E-state index < -0.39 is 0 Å². The highest BCUT2D eigenvalue weighted by molar-refractivity contribution is 5.85. The van der Waals surface area contributed by atoms with E-state index in [-0.39, 0.29) is 18.6 Å². The van der Waals surface area contributed by atoms with Gasteiger partial charge in [-0.2, -0.15) is 0 Å². The van der Waals surface area contributed by atoms with Gasteiger partial charge in [-0.3, -0.25) is 4.79 Å². The number of aliphatic hydroxyl groups excluding tert-OH is 1. The molecule has 1 atom stereocenters. The molecule has 20 heavy (non-hydrogen) atoms. The van der Waals surface area contributed by atoms with Crippen molar-refractivity contribution in [1.29, 1.82) is 0 Å². The summed E-state index contributed by atoms with van der Waals surface area (Å²) >= 11 is 0. The van der Waals surface area contributed by atoms with Gasteiger partial charge in [0, 0.05) is 37.6 Å². The molecule has 1 unspecified atom stereocenters. The number of benzene rings is 1. The van der Waals surface area contributed by atoms with Crippen LogP contribution in [0.1, 0.15) is 18.9 Å². The van der Waals surface area contributed by atoms with Gasteiger partial charge in [0.15, 0.2) is 0 Å². The van der Waals surface area contributed by atoms with Crippen LogP contribution >= 0.6 is 0 Å². The van der Waals surface area contributed by atoms with Crippen LogP contribution in [-0.2, 0) is 18.3 Å². The van der Waals surface area contributed by atoms with Crippen molar-refractivity contribution < 1.29 is 9.90 Å². The number of aryl methyl sites for hydroxylation is 2. The van der Waals surface area contributed by atoms with E-state index in [1.165, 1.54) is 16.5 Å². The number of hydrogen-bond donors (Lipinski definition) is 1. The third kappa shape index (κ3) is 2.85. The van der Waals surface area contributed by atoms with Crippen LogP contribution in [0, 0.1) is 0 Å². The molecule has 2 rings (SSSR count). The molecule has 0 fully saturated rings. The van der Waals surface area contributed by atoms with Crippen LogP contribution in [0.25, 0.3) is 10.9 Å². The first-order valence-electron chi connectivity index (χ1n) is 6.94. The minimum atomic E-state index is -0.130. The Labute approximate surface area is 119 Å². The van der Waals surface area contributed by atoms with Gasteiger partial charge in [0.1, 0.15) is 0 Å². The molecule has 1 heterocycles. The van der Waals surface area contributed by atoms with Gasteiger partial charge in [-0.1, -0.05) is 18.2 Å². The van der Waals surface area contributed by atoms with Crippen LogP contribution in [0.15, 0.2) is 30.5 Å². The number of carbonyl (C=O) groups is 1. The van der Waals surface area contributed by atoms with Crippen LogP contribution in [0.3, 0.4) is 0 Å². The number of hydrogen-bond acceptors (Lipinski definition) is 2. The second kappa shape index (κ2) is 6.09. The van der Waals surface area contributed by atoms with Gasteiger partial charge in [-0.05, 0) is 25.0 Å². The summed E-state index contributed by atoms with van der Waals surface area (Å²) in [4.78, 5) is 13.7. The third-order valence-corrected chi connectivity index (χ3v) is 3.91. The fourth-order valence-corrected chi connectivity index (χ4v) is 2.41. The molecule has 4 nitrogen and oxygen atoms in total. The van der Waals surface area contributed by atoms with Crippen LogP contribution in [0.2, 0.25) is 0 Å². The highest BCUT2D eigenvalue weighted by atomic mass is 16.3. The third-order valence-electron chi connectivity index (χ3n) is 3.91. The molecule has 1 N–H and O–H groups in total. The maximum absolute atomic E-state index is 12.1. The standard InChI is InChI=1S/C16H22N2O2/c1-12(11-19)18(3)16(20)9-8-13-10-17(2)15-7-5-4-6-14(13)15/h4-7,10,12,19H,8-9,11H2,1-3H3. The maximum Gasteiger partial charge on any atom is 0.222 e. The molecule has 0 aliphatic carbocycles. The Morgan fingerprint density at radius 1 is 1.40 bits per heavy atom. The largest absolute Gasteiger partial charge is 0.394 e. The van der Waals surface area contributed by atoms with Crippen LogP contribution in [0.4, 0.5) is 0 Å². The Morgan fingerprint density at radius 2 is 2.10 bits per heavy atom. The van der Waals surface area contributed by atoms with E-state index in [1.807, 2.05) is 26.1 Å². The average Bonchev–Trinajstić information content (AvgIpc) is 2.80. The molecule has 108 valence electrons. The Balaban J connectivity index is 2.08. The van der Waals surface area contributed by atoms with Crippen molar-refractivity contribution in [1.82, 2.24) is 9.47 Å². The number of likely N-dealkylation sites (N-methyl/N-ethyl adjacent to an activating group) is 1. The summed E-state index contributed by atoms with van der Waals surface area (Å²) in [6.07, 6.45) is 3.28. The smallest absolute Gasteiger partial charge is 0.222 e. The zero-order valence-electron chi connectivity index (χ0n) is 12.3. The highest BCUT2D eigenvalue weighted by Gasteiger charge is 2.15. The summed E-state index contributed by atoms with van der Waals surface area (Å²) in [5.74, 6) is 0.0690. The predicted molar refractivity (Wildman–Crippen MR) is 80.6 cm³/mol. The molecule has 4 heteroatoms. The first-order valence-corrected chi connectivity index (χ1v) is 6.94. The monoisotopic (exact) mass is 274 g/mol. The maximum atomic E-state index is 12.1. The van der Waals surface area contributed by atoms with Crippen molar-refractivity contribution in [2.45, 2.75) is 25.8 Å². The zero-order valence-corrected chi connectivity index (χ0v) is 12.3. The molecule has 0 saturated heterocycles. The van der Waals surface area contributed by atoms with Crippen LogP contribution in [0.5, 0.6) is 0 Å². The molecule has 1 aromatic heterocycles. The molecular formula is C16H22N2O2. The molecule has 1 aromatic carbocycles. The van der Waals surface area contributed by atoms with E-state index >= 15 is 0 Å². The second-order valence-electron chi connectivity index (χ2n) is 5.32. The number of rotatable bonds is 5. The Kier molecular flexibility index (Phi) is 4.45. The molecule has 0 spiro atoms. The highest BCUT2D eigenvalue weighted by Crippen LogP contribution is 2.21. The van der Waals surface area contributed by atoms with Crippen molar-refractivity contribution in [3.63, 3.8) is 0 Å². The number of carbonyl (C=O) groups excluding carboxylic acids is 1. The Morgan fingerprint density at radius 3 is 2.80 bits per heavy atom. The van der Waals surface area contributed by atoms with Crippen molar-refractivity contribution in [2.24, 2.45) is 7.05 Å². The van der Waals surface area contributed by atoms with Gasteiger partial charge in [0.25, 0.3) is 0 Å². The van der Waals surface area contributed by atoms with Crippen molar-refractivity contribution in [3.05, 3.63) is 36.0 Å². The number of nitrogens with zero attached hydrogens (tertiary/aromatic N) is 2. The number of aliphatic hydroxyl groups is 1. The Hall–Kier alpha value is -1.81. The minimum Gasteiger partial charge on any atom is -0.394 e. The van der Waals surface area contributed by atoms with Crippen LogP contribution in [-0.4, -0.2) is 40.2 Å². The average molecular weight is 274 g/mol. The van der Waals surface area contributed by atoms with Crippen molar-refractivity contribution >= 4 is 16.8 Å². The summed E-state index contributed by atoms with van der Waals surface area (Å²) in [6.45, 7) is 1.84. The zero-order chi connectivity index (χ0) is 14.7. The SMILES string of the molecule is CC(CO)N(C)C(=O)CCc1cn(C)c2ccccc12. The van der Waals surface area contributed by atoms with Crippen molar-refractivity contribution in [2.75, 3.05) is 13.7 Å². The summed E-state index contributed by atoms with van der Waals surface area (Å²) in [5.41, 5.74) is 2.38. The van der Waals surface area contributed by atoms with E-state index in [0.29, 0.717) is 6.42 Å². The van der Waals surface area contributed by atoms with Gasteiger partial charge in [0.05, 0.1) is 12.6 Å². The summed E-state index contributed by atoms with van der Waals surface area (Å²) in [5, 5.41) is 10.3. The topological polar surface area (TPSA) is 45.5 Å². The minimum absolute atomic E-state index is 0.00346. The number of fused-ring (bicyclic) bond motifs is 1. The van der Waals surface area contributed by atoms with E-state index in [0.717, 1.165) is 6.42 Å². The molecule has 1 amide bonds. The van der Waals surface area contributed by atoms with Gasteiger partial charge in [0.2, 0.25) is 5.91 Å². The molecule has 0 saturated carbocycles. The Bertz CT molecular complexity index is 604. The lowest BCUT2D eigenvalue weighted by atomic mass is 10.1.